The summed E-state index contributed by atoms with van der Waals surface area (Å²) in [7, 11) is 1.57. The summed E-state index contributed by atoms with van der Waals surface area (Å²) in [6, 6.07) is 9.56. The zero-order valence-corrected chi connectivity index (χ0v) is 10.6. The highest BCUT2D eigenvalue weighted by atomic mass is 16.5. The van der Waals surface area contributed by atoms with Gasteiger partial charge in [0, 0.05) is 12.5 Å². The van der Waals surface area contributed by atoms with Crippen LogP contribution in [0.3, 0.4) is 0 Å². The SMILES string of the molecule is COCC(O)(CCCN)c1cc2ccccc2o1. The molecule has 18 heavy (non-hydrogen) atoms. The maximum absolute atomic E-state index is 10.6. The molecule has 2 aromatic rings. The van der Waals surface area contributed by atoms with Crippen molar-refractivity contribution in [3.8, 4) is 0 Å². The van der Waals surface area contributed by atoms with Gasteiger partial charge in [-0.05, 0) is 31.5 Å². The fourth-order valence-electron chi connectivity index (χ4n) is 2.11. The summed E-state index contributed by atoms with van der Waals surface area (Å²) in [5, 5.41) is 11.6. The predicted octanol–water partition coefficient (Wildman–Crippen LogP) is 2.01. The van der Waals surface area contributed by atoms with Crippen molar-refractivity contribution in [2.75, 3.05) is 20.3 Å². The Balaban J connectivity index is 2.34. The molecule has 1 unspecified atom stereocenters. The third kappa shape index (κ3) is 2.56. The van der Waals surface area contributed by atoms with E-state index in [1.165, 1.54) is 0 Å². The van der Waals surface area contributed by atoms with Crippen LogP contribution in [-0.2, 0) is 10.3 Å². The van der Waals surface area contributed by atoms with Gasteiger partial charge < -0.3 is 20.0 Å². The van der Waals surface area contributed by atoms with Crippen LogP contribution < -0.4 is 5.73 Å². The average molecular weight is 249 g/mol. The highest BCUT2D eigenvalue weighted by molar-refractivity contribution is 5.77. The van der Waals surface area contributed by atoms with Gasteiger partial charge in [-0.1, -0.05) is 18.2 Å². The molecule has 4 heteroatoms. The van der Waals surface area contributed by atoms with E-state index in [2.05, 4.69) is 0 Å². The van der Waals surface area contributed by atoms with E-state index < -0.39 is 5.60 Å². The average Bonchev–Trinajstić information content (AvgIpc) is 2.81. The molecule has 0 bridgehead atoms. The minimum atomic E-state index is -1.10. The second-order valence-electron chi connectivity index (χ2n) is 4.51. The number of fused-ring (bicyclic) bond motifs is 1. The first kappa shape index (κ1) is 13.1. The molecule has 1 atom stereocenters. The van der Waals surface area contributed by atoms with E-state index in [0.29, 0.717) is 18.7 Å². The smallest absolute Gasteiger partial charge is 0.145 e. The molecule has 1 aromatic carbocycles. The van der Waals surface area contributed by atoms with Crippen LogP contribution in [0.5, 0.6) is 0 Å². The molecule has 3 N–H and O–H groups in total. The quantitative estimate of drug-likeness (QED) is 0.821. The standard InChI is InChI=1S/C14H19NO3/c1-17-10-14(16,7-4-8-15)13-9-11-5-2-3-6-12(11)18-13/h2-3,5-6,9,16H,4,7-8,10,15H2,1H3. The molecule has 0 amide bonds. The summed E-state index contributed by atoms with van der Waals surface area (Å²) in [5.41, 5.74) is 5.17. The molecule has 0 fully saturated rings. The molecule has 0 spiro atoms. The molecule has 0 saturated heterocycles. The van der Waals surface area contributed by atoms with Crippen molar-refractivity contribution in [1.82, 2.24) is 0 Å². The first-order valence-corrected chi connectivity index (χ1v) is 6.10. The highest BCUT2D eigenvalue weighted by Gasteiger charge is 2.32. The zero-order chi connectivity index (χ0) is 13.0. The lowest BCUT2D eigenvalue weighted by Crippen LogP contribution is -2.31. The molecule has 2 rings (SSSR count). The van der Waals surface area contributed by atoms with E-state index in [1.807, 2.05) is 30.3 Å². The van der Waals surface area contributed by atoms with Gasteiger partial charge in [0.2, 0.25) is 0 Å². The Morgan fingerprint density at radius 3 is 2.83 bits per heavy atom. The number of aliphatic hydroxyl groups is 1. The summed E-state index contributed by atoms with van der Waals surface area (Å²) in [4.78, 5) is 0. The van der Waals surface area contributed by atoms with Crippen molar-refractivity contribution < 1.29 is 14.3 Å². The number of rotatable bonds is 6. The Hall–Kier alpha value is -1.36. The van der Waals surface area contributed by atoms with Crippen molar-refractivity contribution >= 4 is 11.0 Å². The van der Waals surface area contributed by atoms with Gasteiger partial charge in [-0.25, -0.2) is 0 Å². The van der Waals surface area contributed by atoms with Gasteiger partial charge in [0.1, 0.15) is 16.9 Å². The van der Waals surface area contributed by atoms with E-state index in [9.17, 15) is 5.11 Å². The lowest BCUT2D eigenvalue weighted by atomic mass is 9.95. The van der Waals surface area contributed by atoms with Crippen molar-refractivity contribution in [1.29, 1.82) is 0 Å². The van der Waals surface area contributed by atoms with Crippen molar-refractivity contribution in [3.63, 3.8) is 0 Å². The summed E-state index contributed by atoms with van der Waals surface area (Å²) >= 11 is 0. The van der Waals surface area contributed by atoms with Crippen LogP contribution in [0.25, 0.3) is 11.0 Å². The van der Waals surface area contributed by atoms with Crippen LogP contribution in [0.1, 0.15) is 18.6 Å². The minimum absolute atomic E-state index is 0.201. The fraction of sp³-hybridized carbons (Fsp3) is 0.429. The van der Waals surface area contributed by atoms with Gasteiger partial charge in [0.05, 0.1) is 6.61 Å². The van der Waals surface area contributed by atoms with Crippen molar-refractivity contribution in [2.45, 2.75) is 18.4 Å². The molecule has 0 aliphatic rings. The first-order valence-electron chi connectivity index (χ1n) is 6.10. The fourth-order valence-corrected chi connectivity index (χ4v) is 2.11. The number of methoxy groups -OCH3 is 1. The van der Waals surface area contributed by atoms with Crippen LogP contribution in [0, 0.1) is 0 Å². The Morgan fingerprint density at radius 1 is 1.39 bits per heavy atom. The summed E-state index contributed by atoms with van der Waals surface area (Å²) in [6.07, 6.45) is 1.24. The molecule has 4 nitrogen and oxygen atoms in total. The maximum Gasteiger partial charge on any atom is 0.145 e. The third-order valence-electron chi connectivity index (χ3n) is 3.06. The van der Waals surface area contributed by atoms with Gasteiger partial charge in [0.15, 0.2) is 0 Å². The van der Waals surface area contributed by atoms with Crippen LogP contribution in [0.4, 0.5) is 0 Å². The number of hydrogen-bond donors (Lipinski definition) is 2. The van der Waals surface area contributed by atoms with Gasteiger partial charge in [-0.15, -0.1) is 0 Å². The topological polar surface area (TPSA) is 68.6 Å². The Labute approximate surface area is 106 Å². The third-order valence-corrected chi connectivity index (χ3v) is 3.06. The zero-order valence-electron chi connectivity index (χ0n) is 10.6. The lowest BCUT2D eigenvalue weighted by molar-refractivity contribution is -0.0567. The van der Waals surface area contributed by atoms with Crippen LogP contribution in [0.2, 0.25) is 0 Å². The molecule has 1 heterocycles. The van der Waals surface area contributed by atoms with Crippen LogP contribution in [0.15, 0.2) is 34.7 Å². The second-order valence-corrected chi connectivity index (χ2v) is 4.51. The van der Waals surface area contributed by atoms with Crippen molar-refractivity contribution in [3.05, 3.63) is 36.1 Å². The van der Waals surface area contributed by atoms with E-state index in [-0.39, 0.29) is 6.61 Å². The molecular formula is C14H19NO3. The van der Waals surface area contributed by atoms with Crippen molar-refractivity contribution in [2.24, 2.45) is 5.73 Å². The number of furan rings is 1. The van der Waals surface area contributed by atoms with Crippen LogP contribution >= 0.6 is 0 Å². The van der Waals surface area contributed by atoms with E-state index in [1.54, 1.807) is 7.11 Å². The molecule has 0 radical (unpaired) electrons. The lowest BCUT2D eigenvalue weighted by Gasteiger charge is -2.24. The van der Waals surface area contributed by atoms with E-state index >= 15 is 0 Å². The Kier molecular flexibility index (Phi) is 4.01. The molecule has 0 aliphatic heterocycles. The second kappa shape index (κ2) is 5.52. The largest absolute Gasteiger partial charge is 0.458 e. The number of hydrogen-bond acceptors (Lipinski definition) is 4. The number of ether oxygens (including phenoxy) is 1. The van der Waals surface area contributed by atoms with E-state index in [0.717, 1.165) is 17.4 Å². The minimum Gasteiger partial charge on any atom is -0.458 e. The summed E-state index contributed by atoms with van der Waals surface area (Å²) in [5.74, 6) is 0.541. The summed E-state index contributed by atoms with van der Waals surface area (Å²) in [6.45, 7) is 0.735. The maximum atomic E-state index is 10.6. The predicted molar refractivity (Wildman–Crippen MR) is 70.3 cm³/mol. The summed E-state index contributed by atoms with van der Waals surface area (Å²) < 4.78 is 10.8. The molecule has 0 aliphatic carbocycles. The Morgan fingerprint density at radius 2 is 2.17 bits per heavy atom. The van der Waals surface area contributed by atoms with Gasteiger partial charge in [-0.3, -0.25) is 0 Å². The normalized spacial score (nSPS) is 14.8. The Bertz CT molecular complexity index is 475. The molecule has 1 aromatic heterocycles. The molecular weight excluding hydrogens is 230 g/mol. The van der Waals surface area contributed by atoms with Gasteiger partial charge >= 0.3 is 0 Å². The number of nitrogens with two attached hydrogens (primary N) is 1. The molecule has 0 saturated carbocycles. The number of benzene rings is 1. The molecule has 98 valence electrons. The van der Waals surface area contributed by atoms with Gasteiger partial charge in [0.25, 0.3) is 0 Å². The van der Waals surface area contributed by atoms with E-state index in [4.69, 9.17) is 14.9 Å². The number of para-hydroxylation sites is 1. The monoisotopic (exact) mass is 249 g/mol. The van der Waals surface area contributed by atoms with Crippen LogP contribution in [-0.4, -0.2) is 25.4 Å². The first-order chi connectivity index (χ1) is 8.69. The van der Waals surface area contributed by atoms with Gasteiger partial charge in [-0.2, -0.15) is 0 Å². The highest BCUT2D eigenvalue weighted by Crippen LogP contribution is 2.31.